The molecule has 2 aromatic rings. The number of aryl methyl sites for hydroxylation is 2. The second-order valence-electron chi connectivity index (χ2n) is 5.76. The summed E-state index contributed by atoms with van der Waals surface area (Å²) in [6.07, 6.45) is 0. The number of rotatable bonds is 8. The molecule has 0 saturated carbocycles. The molecule has 0 amide bonds. The van der Waals surface area contributed by atoms with Crippen molar-refractivity contribution in [1.29, 1.82) is 0 Å². The zero-order valence-electron chi connectivity index (χ0n) is 14.7. The molecule has 0 fully saturated rings. The van der Waals surface area contributed by atoms with Crippen LogP contribution < -0.4 is 15.0 Å². The van der Waals surface area contributed by atoms with Crippen molar-refractivity contribution in [3.05, 3.63) is 53.6 Å². The first-order valence-corrected chi connectivity index (χ1v) is 8.43. The van der Waals surface area contributed by atoms with Gasteiger partial charge >= 0.3 is 0 Å². The summed E-state index contributed by atoms with van der Waals surface area (Å²) in [6.45, 7) is 12.1. The molecule has 0 spiro atoms. The molecule has 0 bridgehead atoms. The lowest BCUT2D eigenvalue weighted by atomic mass is 10.1. The monoisotopic (exact) mass is 312 g/mol. The standard InChI is InChI=1S/C20H28N2O/c1-5-22(6-2)19-10-8-18(9-11-19)21-13-14-23-20-12-7-16(3)15-17(20)4/h7-12,15,21H,5-6,13-14H2,1-4H3. The maximum atomic E-state index is 5.84. The summed E-state index contributed by atoms with van der Waals surface area (Å²) in [5.41, 5.74) is 4.85. The predicted octanol–water partition coefficient (Wildman–Crippen LogP) is 4.64. The summed E-state index contributed by atoms with van der Waals surface area (Å²) in [7, 11) is 0. The van der Waals surface area contributed by atoms with Crippen LogP contribution >= 0.6 is 0 Å². The molecule has 0 saturated heterocycles. The third-order valence-corrected chi connectivity index (χ3v) is 4.02. The van der Waals surface area contributed by atoms with Crippen LogP contribution in [0.3, 0.4) is 0 Å². The topological polar surface area (TPSA) is 24.5 Å². The van der Waals surface area contributed by atoms with Crippen LogP contribution in [0, 0.1) is 13.8 Å². The van der Waals surface area contributed by atoms with E-state index in [2.05, 4.69) is 74.3 Å². The molecular weight excluding hydrogens is 284 g/mol. The van der Waals surface area contributed by atoms with Gasteiger partial charge in [-0.1, -0.05) is 17.7 Å². The van der Waals surface area contributed by atoms with Crippen LogP contribution in [0.2, 0.25) is 0 Å². The number of anilines is 2. The fraction of sp³-hybridized carbons (Fsp3) is 0.400. The molecule has 0 aliphatic heterocycles. The highest BCUT2D eigenvalue weighted by atomic mass is 16.5. The van der Waals surface area contributed by atoms with E-state index in [0.717, 1.165) is 31.1 Å². The Morgan fingerprint density at radius 2 is 1.65 bits per heavy atom. The molecule has 0 aliphatic rings. The van der Waals surface area contributed by atoms with Gasteiger partial charge in [0, 0.05) is 31.0 Å². The molecule has 0 unspecified atom stereocenters. The first-order chi connectivity index (χ1) is 11.1. The van der Waals surface area contributed by atoms with Crippen molar-refractivity contribution in [2.75, 3.05) is 36.5 Å². The van der Waals surface area contributed by atoms with E-state index < -0.39 is 0 Å². The molecule has 3 heteroatoms. The normalized spacial score (nSPS) is 10.4. The summed E-state index contributed by atoms with van der Waals surface area (Å²) < 4.78 is 5.84. The van der Waals surface area contributed by atoms with Crippen LogP contribution in [0.1, 0.15) is 25.0 Å². The van der Waals surface area contributed by atoms with Crippen LogP contribution in [0.25, 0.3) is 0 Å². The average molecular weight is 312 g/mol. The summed E-state index contributed by atoms with van der Waals surface area (Å²) in [4.78, 5) is 2.34. The second-order valence-corrected chi connectivity index (χ2v) is 5.76. The minimum Gasteiger partial charge on any atom is -0.491 e. The van der Waals surface area contributed by atoms with E-state index in [4.69, 9.17) is 4.74 Å². The molecule has 0 radical (unpaired) electrons. The number of benzene rings is 2. The highest BCUT2D eigenvalue weighted by Gasteiger charge is 2.02. The van der Waals surface area contributed by atoms with Crippen molar-refractivity contribution in [3.63, 3.8) is 0 Å². The van der Waals surface area contributed by atoms with Gasteiger partial charge in [0.2, 0.25) is 0 Å². The van der Waals surface area contributed by atoms with Gasteiger partial charge in [-0.2, -0.15) is 0 Å². The van der Waals surface area contributed by atoms with Gasteiger partial charge in [-0.25, -0.2) is 0 Å². The number of hydrogen-bond donors (Lipinski definition) is 1. The van der Waals surface area contributed by atoms with Crippen LogP contribution in [0.5, 0.6) is 5.75 Å². The molecular formula is C20H28N2O. The molecule has 1 N–H and O–H groups in total. The number of ether oxygens (including phenoxy) is 1. The Balaban J connectivity index is 1.80. The minimum absolute atomic E-state index is 0.654. The van der Waals surface area contributed by atoms with E-state index in [1.165, 1.54) is 16.8 Å². The molecule has 2 rings (SSSR count). The molecule has 0 heterocycles. The lowest BCUT2D eigenvalue weighted by molar-refractivity contribution is 0.330. The largest absolute Gasteiger partial charge is 0.491 e. The first kappa shape index (κ1) is 17.2. The number of hydrogen-bond acceptors (Lipinski definition) is 3. The second kappa shape index (κ2) is 8.47. The third kappa shape index (κ3) is 4.92. The van der Waals surface area contributed by atoms with Crippen LogP contribution in [0.15, 0.2) is 42.5 Å². The van der Waals surface area contributed by atoms with Crippen molar-refractivity contribution in [2.45, 2.75) is 27.7 Å². The van der Waals surface area contributed by atoms with Crippen molar-refractivity contribution >= 4 is 11.4 Å². The minimum atomic E-state index is 0.654. The van der Waals surface area contributed by atoms with E-state index in [1.54, 1.807) is 0 Å². The Morgan fingerprint density at radius 3 is 2.26 bits per heavy atom. The van der Waals surface area contributed by atoms with Gasteiger partial charge in [0.1, 0.15) is 12.4 Å². The predicted molar refractivity (Wildman–Crippen MR) is 99.9 cm³/mol. The molecule has 23 heavy (non-hydrogen) atoms. The Labute approximate surface area is 140 Å². The fourth-order valence-electron chi connectivity index (χ4n) is 2.70. The maximum Gasteiger partial charge on any atom is 0.122 e. The van der Waals surface area contributed by atoms with Gasteiger partial charge in [-0.15, -0.1) is 0 Å². The van der Waals surface area contributed by atoms with Crippen molar-refractivity contribution in [3.8, 4) is 5.75 Å². The van der Waals surface area contributed by atoms with Gasteiger partial charge in [0.15, 0.2) is 0 Å². The number of nitrogens with zero attached hydrogens (tertiary/aromatic N) is 1. The van der Waals surface area contributed by atoms with Gasteiger partial charge in [-0.05, 0) is 63.6 Å². The van der Waals surface area contributed by atoms with E-state index in [1.807, 2.05) is 6.07 Å². The van der Waals surface area contributed by atoms with Gasteiger partial charge in [0.05, 0.1) is 0 Å². The van der Waals surface area contributed by atoms with Crippen molar-refractivity contribution < 1.29 is 4.74 Å². The number of nitrogens with one attached hydrogen (secondary N) is 1. The van der Waals surface area contributed by atoms with Gasteiger partial charge < -0.3 is 15.0 Å². The molecule has 124 valence electrons. The zero-order valence-corrected chi connectivity index (χ0v) is 14.7. The molecule has 0 aromatic heterocycles. The SMILES string of the molecule is CCN(CC)c1ccc(NCCOc2ccc(C)cc2C)cc1. The summed E-state index contributed by atoms with van der Waals surface area (Å²) in [5.74, 6) is 0.967. The smallest absolute Gasteiger partial charge is 0.122 e. The first-order valence-electron chi connectivity index (χ1n) is 8.43. The van der Waals surface area contributed by atoms with E-state index >= 15 is 0 Å². The highest BCUT2D eigenvalue weighted by molar-refractivity contribution is 5.55. The van der Waals surface area contributed by atoms with E-state index in [0.29, 0.717) is 6.61 Å². The Kier molecular flexibility index (Phi) is 6.33. The summed E-state index contributed by atoms with van der Waals surface area (Å²) in [5, 5.41) is 3.40. The van der Waals surface area contributed by atoms with Gasteiger partial charge in [0.25, 0.3) is 0 Å². The van der Waals surface area contributed by atoms with Crippen molar-refractivity contribution in [2.24, 2.45) is 0 Å². The van der Waals surface area contributed by atoms with Crippen LogP contribution in [0.4, 0.5) is 11.4 Å². The van der Waals surface area contributed by atoms with E-state index in [-0.39, 0.29) is 0 Å². The molecule has 0 atom stereocenters. The summed E-state index contributed by atoms with van der Waals surface area (Å²) in [6, 6.07) is 14.9. The Bertz CT molecular complexity index is 604. The fourth-order valence-corrected chi connectivity index (χ4v) is 2.70. The summed E-state index contributed by atoms with van der Waals surface area (Å²) >= 11 is 0. The van der Waals surface area contributed by atoms with Crippen LogP contribution in [-0.2, 0) is 0 Å². The lowest BCUT2D eigenvalue weighted by Gasteiger charge is -2.21. The van der Waals surface area contributed by atoms with Gasteiger partial charge in [-0.3, -0.25) is 0 Å². The maximum absolute atomic E-state index is 5.84. The molecule has 3 nitrogen and oxygen atoms in total. The highest BCUT2D eigenvalue weighted by Crippen LogP contribution is 2.19. The Morgan fingerprint density at radius 1 is 0.957 bits per heavy atom. The average Bonchev–Trinajstić information content (AvgIpc) is 2.55. The Hall–Kier alpha value is -2.16. The quantitative estimate of drug-likeness (QED) is 0.719. The molecule has 2 aromatic carbocycles. The zero-order chi connectivity index (χ0) is 16.7. The van der Waals surface area contributed by atoms with Crippen LogP contribution in [-0.4, -0.2) is 26.2 Å². The van der Waals surface area contributed by atoms with E-state index in [9.17, 15) is 0 Å². The van der Waals surface area contributed by atoms with Crippen molar-refractivity contribution in [1.82, 2.24) is 0 Å². The lowest BCUT2D eigenvalue weighted by Crippen LogP contribution is -2.21. The third-order valence-electron chi connectivity index (χ3n) is 4.02. The molecule has 0 aliphatic carbocycles.